The van der Waals surface area contributed by atoms with Gasteiger partial charge in [0, 0.05) is 18.3 Å². The minimum absolute atomic E-state index is 0.0145. The molecule has 0 amide bonds. The van der Waals surface area contributed by atoms with E-state index in [4.69, 9.17) is 0 Å². The van der Waals surface area contributed by atoms with E-state index in [2.05, 4.69) is 15.1 Å². The third kappa shape index (κ3) is 3.39. The topological polar surface area (TPSA) is 58.5 Å². The second-order valence-electron chi connectivity index (χ2n) is 7.22. The van der Waals surface area contributed by atoms with E-state index in [1.54, 1.807) is 23.5 Å². The molecule has 1 unspecified atom stereocenters. The van der Waals surface area contributed by atoms with Crippen molar-refractivity contribution in [1.29, 1.82) is 0 Å². The summed E-state index contributed by atoms with van der Waals surface area (Å²) in [7, 11) is 0. The lowest BCUT2D eigenvalue weighted by atomic mass is 9.67. The van der Waals surface area contributed by atoms with Gasteiger partial charge in [-0.15, -0.1) is 0 Å². The SMILES string of the molecule is CC(c1ccc(C(F)(F)F)cc1[C@H]1CC[C@@H]1c1ncccn1)N1CC(=O)C=N1. The van der Waals surface area contributed by atoms with E-state index in [1.165, 1.54) is 18.3 Å². The molecule has 0 spiro atoms. The van der Waals surface area contributed by atoms with Crippen LogP contribution in [0.15, 0.2) is 41.8 Å². The van der Waals surface area contributed by atoms with Crippen molar-refractivity contribution >= 4 is 12.0 Å². The van der Waals surface area contributed by atoms with Crippen LogP contribution < -0.4 is 0 Å². The van der Waals surface area contributed by atoms with Gasteiger partial charge in [-0.1, -0.05) is 6.07 Å². The molecule has 0 radical (unpaired) electrons. The number of benzene rings is 1. The van der Waals surface area contributed by atoms with Crippen LogP contribution in [-0.4, -0.2) is 33.5 Å². The molecule has 146 valence electrons. The van der Waals surface area contributed by atoms with Gasteiger partial charge in [-0.25, -0.2) is 9.97 Å². The minimum Gasteiger partial charge on any atom is -0.291 e. The molecule has 0 N–H and O–H groups in total. The number of alkyl halides is 3. The summed E-state index contributed by atoms with van der Waals surface area (Å²) in [5.74, 6) is 0.437. The minimum atomic E-state index is -4.42. The van der Waals surface area contributed by atoms with Crippen LogP contribution in [0.4, 0.5) is 13.2 Å². The van der Waals surface area contributed by atoms with Crippen LogP contribution >= 0.6 is 0 Å². The first-order chi connectivity index (χ1) is 13.3. The van der Waals surface area contributed by atoms with Gasteiger partial charge in [-0.2, -0.15) is 18.3 Å². The van der Waals surface area contributed by atoms with Crippen LogP contribution in [0, 0.1) is 0 Å². The first-order valence-electron chi connectivity index (χ1n) is 9.16. The maximum Gasteiger partial charge on any atom is 0.416 e. The van der Waals surface area contributed by atoms with Crippen LogP contribution in [0.2, 0.25) is 0 Å². The molecule has 1 aliphatic carbocycles. The third-order valence-electron chi connectivity index (χ3n) is 5.57. The molecule has 4 rings (SSSR count). The van der Waals surface area contributed by atoms with Gasteiger partial charge < -0.3 is 0 Å². The summed E-state index contributed by atoms with van der Waals surface area (Å²) in [6.07, 6.45) is 1.74. The highest BCUT2D eigenvalue weighted by atomic mass is 19.4. The van der Waals surface area contributed by atoms with Gasteiger partial charge in [0.05, 0.1) is 17.8 Å². The fourth-order valence-electron chi connectivity index (χ4n) is 3.91. The van der Waals surface area contributed by atoms with E-state index in [-0.39, 0.29) is 30.2 Å². The highest BCUT2D eigenvalue weighted by Gasteiger charge is 2.40. The van der Waals surface area contributed by atoms with Crippen molar-refractivity contribution in [2.45, 2.75) is 43.8 Å². The van der Waals surface area contributed by atoms with Gasteiger partial charge >= 0.3 is 6.18 Å². The second kappa shape index (κ2) is 7.00. The number of carbonyl (C=O) groups excluding carboxylic acids is 1. The first kappa shape index (κ1) is 18.6. The highest BCUT2D eigenvalue weighted by molar-refractivity contribution is 6.29. The van der Waals surface area contributed by atoms with Gasteiger partial charge in [-0.3, -0.25) is 9.80 Å². The molecule has 2 aliphatic rings. The van der Waals surface area contributed by atoms with Gasteiger partial charge in [0.2, 0.25) is 0 Å². The van der Waals surface area contributed by atoms with Crippen LogP contribution in [0.25, 0.3) is 0 Å². The molecule has 0 bridgehead atoms. The number of Topliss-reactive ketones (excluding diaryl/α,β-unsaturated/α-hetero) is 1. The Morgan fingerprint density at radius 1 is 1.14 bits per heavy atom. The molecule has 2 aromatic rings. The van der Waals surface area contributed by atoms with Crippen LogP contribution in [0.1, 0.15) is 60.2 Å². The molecule has 1 saturated carbocycles. The Hall–Kier alpha value is -2.77. The van der Waals surface area contributed by atoms with E-state index in [0.717, 1.165) is 24.5 Å². The van der Waals surface area contributed by atoms with Crippen molar-refractivity contribution in [2.75, 3.05) is 6.54 Å². The molecule has 1 fully saturated rings. The summed E-state index contributed by atoms with van der Waals surface area (Å²) in [5.41, 5.74) is 0.727. The lowest BCUT2D eigenvalue weighted by Gasteiger charge is -2.38. The number of hydrogen-bond donors (Lipinski definition) is 0. The summed E-state index contributed by atoms with van der Waals surface area (Å²) >= 11 is 0. The van der Waals surface area contributed by atoms with Gasteiger partial charge in [0.25, 0.3) is 0 Å². The Bertz CT molecular complexity index is 913. The average Bonchev–Trinajstić information content (AvgIpc) is 3.07. The highest BCUT2D eigenvalue weighted by Crippen LogP contribution is 2.50. The molecule has 8 heteroatoms. The van der Waals surface area contributed by atoms with Gasteiger partial charge in [0.1, 0.15) is 12.4 Å². The van der Waals surface area contributed by atoms with E-state index >= 15 is 0 Å². The van der Waals surface area contributed by atoms with Crippen LogP contribution in [-0.2, 0) is 11.0 Å². The van der Waals surface area contributed by atoms with E-state index in [1.807, 2.05) is 6.92 Å². The summed E-state index contributed by atoms with van der Waals surface area (Å²) in [4.78, 5) is 20.1. The largest absolute Gasteiger partial charge is 0.416 e. The zero-order valence-electron chi connectivity index (χ0n) is 15.2. The van der Waals surface area contributed by atoms with E-state index in [9.17, 15) is 18.0 Å². The third-order valence-corrected chi connectivity index (χ3v) is 5.57. The summed E-state index contributed by atoms with van der Waals surface area (Å²) in [5, 5.41) is 5.71. The smallest absolute Gasteiger partial charge is 0.291 e. The number of carbonyl (C=O) groups is 1. The lowest BCUT2D eigenvalue weighted by molar-refractivity contribution is -0.137. The maximum absolute atomic E-state index is 13.4. The van der Waals surface area contributed by atoms with Crippen LogP contribution in [0.5, 0.6) is 0 Å². The normalized spacial score (nSPS) is 23.0. The van der Waals surface area contributed by atoms with Crippen molar-refractivity contribution in [1.82, 2.24) is 15.0 Å². The predicted octanol–water partition coefficient (Wildman–Crippen LogP) is 4.09. The molecule has 5 nitrogen and oxygen atoms in total. The number of rotatable bonds is 4. The quantitative estimate of drug-likeness (QED) is 0.792. The fourth-order valence-corrected chi connectivity index (χ4v) is 3.91. The predicted molar refractivity (Wildman–Crippen MR) is 96.8 cm³/mol. The van der Waals surface area contributed by atoms with Gasteiger partial charge in [-0.05, 0) is 55.0 Å². The standard InChI is InChI=1S/C20H19F3N4O/c1-12(27-11-14(28)10-26-27)15-4-3-13(20(21,22)23)9-18(15)16-5-6-17(16)19-24-7-2-8-25-19/h2-4,7-10,12,16-17H,5-6,11H2,1H3/t12?,16-,17-/m0/s1. The van der Waals surface area contributed by atoms with E-state index < -0.39 is 11.7 Å². The zero-order chi connectivity index (χ0) is 19.9. The van der Waals surface area contributed by atoms with E-state index in [0.29, 0.717) is 11.4 Å². The molecule has 3 atom stereocenters. The Labute approximate surface area is 160 Å². The van der Waals surface area contributed by atoms with Crippen molar-refractivity contribution in [2.24, 2.45) is 5.10 Å². The second-order valence-corrected chi connectivity index (χ2v) is 7.22. The molecular formula is C20H19F3N4O. The average molecular weight is 388 g/mol. The fraction of sp³-hybridized carbons (Fsp3) is 0.400. The Balaban J connectivity index is 1.73. The maximum atomic E-state index is 13.4. The summed E-state index contributed by atoms with van der Waals surface area (Å²) in [6, 6.07) is 5.27. The summed E-state index contributed by atoms with van der Waals surface area (Å²) in [6.45, 7) is 1.99. The number of ketones is 1. The number of hydrazone groups is 1. The Morgan fingerprint density at radius 2 is 1.86 bits per heavy atom. The van der Waals surface area contributed by atoms with Gasteiger partial charge in [0.15, 0.2) is 5.78 Å². The van der Waals surface area contributed by atoms with Crippen molar-refractivity contribution < 1.29 is 18.0 Å². The molecular weight excluding hydrogens is 369 g/mol. The Morgan fingerprint density at radius 3 is 2.43 bits per heavy atom. The van der Waals surface area contributed by atoms with Crippen LogP contribution in [0.3, 0.4) is 0 Å². The molecule has 1 aromatic carbocycles. The number of hydrogen-bond acceptors (Lipinski definition) is 5. The van der Waals surface area contributed by atoms with Crippen molar-refractivity contribution in [3.05, 3.63) is 59.2 Å². The van der Waals surface area contributed by atoms with Crippen molar-refractivity contribution in [3.8, 4) is 0 Å². The monoisotopic (exact) mass is 388 g/mol. The lowest BCUT2D eigenvalue weighted by Crippen LogP contribution is -2.28. The number of halogens is 3. The molecule has 2 heterocycles. The molecule has 1 aromatic heterocycles. The van der Waals surface area contributed by atoms with Crippen molar-refractivity contribution in [3.63, 3.8) is 0 Å². The Kier molecular flexibility index (Phi) is 4.64. The number of aromatic nitrogens is 2. The number of nitrogens with zero attached hydrogens (tertiary/aromatic N) is 4. The molecule has 28 heavy (non-hydrogen) atoms. The molecule has 0 saturated heterocycles. The first-order valence-corrected chi connectivity index (χ1v) is 9.16. The zero-order valence-corrected chi connectivity index (χ0v) is 15.2. The summed E-state index contributed by atoms with van der Waals surface area (Å²) < 4.78 is 40.1. The molecule has 1 aliphatic heterocycles.